The molecule has 0 heterocycles. The van der Waals surface area contributed by atoms with Crippen LogP contribution in [0.4, 0.5) is 4.39 Å². The predicted octanol–water partition coefficient (Wildman–Crippen LogP) is 1.27. The summed E-state index contributed by atoms with van der Waals surface area (Å²) in [6, 6.07) is 5.00. The fourth-order valence-corrected chi connectivity index (χ4v) is 3.00. The van der Waals surface area contributed by atoms with Crippen molar-refractivity contribution in [2.75, 3.05) is 12.0 Å². The van der Waals surface area contributed by atoms with Gasteiger partial charge in [-0.15, -0.1) is 0 Å². The van der Waals surface area contributed by atoms with Gasteiger partial charge >= 0.3 is 0 Å². The van der Waals surface area contributed by atoms with Crippen molar-refractivity contribution in [2.45, 2.75) is 32.0 Å². The number of nitrogens with one attached hydrogen (secondary N) is 1. The quantitative estimate of drug-likeness (QED) is 0.827. The lowest BCUT2D eigenvalue weighted by atomic mass is 10.0. The van der Waals surface area contributed by atoms with Crippen molar-refractivity contribution < 1.29 is 17.9 Å². The van der Waals surface area contributed by atoms with Crippen LogP contribution in [0.15, 0.2) is 24.3 Å². The Hall–Kier alpha value is -0.980. The fourth-order valence-electron chi connectivity index (χ4n) is 1.99. The van der Waals surface area contributed by atoms with Gasteiger partial charge in [-0.25, -0.2) is 12.8 Å². The summed E-state index contributed by atoms with van der Waals surface area (Å²) in [6.45, 7) is 3.50. The van der Waals surface area contributed by atoms with Crippen LogP contribution in [-0.4, -0.2) is 37.6 Å². The second kappa shape index (κ2) is 6.45. The number of hydrogen-bond acceptors (Lipinski definition) is 4. The number of sulfone groups is 1. The van der Waals surface area contributed by atoms with E-state index in [0.717, 1.165) is 0 Å². The molecule has 0 saturated carbocycles. The van der Waals surface area contributed by atoms with Gasteiger partial charge in [0.25, 0.3) is 0 Å². The van der Waals surface area contributed by atoms with Gasteiger partial charge < -0.3 is 10.4 Å². The maximum atomic E-state index is 12.8. The van der Waals surface area contributed by atoms with Crippen molar-refractivity contribution in [3.63, 3.8) is 0 Å². The average Bonchev–Trinajstić information content (AvgIpc) is 2.26. The number of benzene rings is 1. The molecule has 4 nitrogen and oxygen atoms in total. The fraction of sp³-hybridized carbons (Fsp3) is 0.538. The molecule has 0 aliphatic rings. The van der Waals surface area contributed by atoms with E-state index in [1.54, 1.807) is 13.8 Å². The largest absolute Gasteiger partial charge is 0.387 e. The van der Waals surface area contributed by atoms with Gasteiger partial charge in [0.2, 0.25) is 0 Å². The molecule has 0 bridgehead atoms. The Morgan fingerprint density at radius 1 is 1.26 bits per heavy atom. The topological polar surface area (TPSA) is 66.4 Å². The highest BCUT2D eigenvalue weighted by Gasteiger charge is 2.19. The average molecular weight is 289 g/mol. The van der Waals surface area contributed by atoms with Crippen LogP contribution in [0.3, 0.4) is 0 Å². The number of rotatable bonds is 6. The van der Waals surface area contributed by atoms with E-state index in [0.29, 0.717) is 5.56 Å². The predicted molar refractivity (Wildman–Crippen MR) is 73.1 cm³/mol. The Balaban J connectivity index is 2.62. The molecule has 0 spiro atoms. The first-order chi connectivity index (χ1) is 8.69. The normalized spacial score (nSPS) is 16.9. The molecule has 0 aliphatic carbocycles. The summed E-state index contributed by atoms with van der Waals surface area (Å²) in [5.74, 6) is -0.352. The Morgan fingerprint density at radius 3 is 2.26 bits per heavy atom. The summed E-state index contributed by atoms with van der Waals surface area (Å²) < 4.78 is 35.1. The summed E-state index contributed by atoms with van der Waals surface area (Å²) in [5, 5.41) is 13.1. The third kappa shape index (κ3) is 5.67. The zero-order valence-electron chi connectivity index (χ0n) is 11.3. The van der Waals surface area contributed by atoms with Gasteiger partial charge in [-0.05, 0) is 31.5 Å². The summed E-state index contributed by atoms with van der Waals surface area (Å²) in [7, 11) is -3.06. The molecule has 6 heteroatoms. The van der Waals surface area contributed by atoms with Crippen molar-refractivity contribution in [3.8, 4) is 0 Å². The second-order valence-electron chi connectivity index (χ2n) is 4.95. The Labute approximate surface area is 113 Å². The summed E-state index contributed by atoms with van der Waals surface area (Å²) in [5.41, 5.74) is 0.591. The molecule has 1 aromatic carbocycles. The lowest BCUT2D eigenvalue weighted by Gasteiger charge is -2.24. The highest BCUT2D eigenvalue weighted by atomic mass is 32.2. The molecule has 0 amide bonds. The number of halogens is 1. The van der Waals surface area contributed by atoms with Crippen LogP contribution >= 0.6 is 0 Å². The number of hydrogen-bond donors (Lipinski definition) is 2. The van der Waals surface area contributed by atoms with Gasteiger partial charge in [0.1, 0.15) is 15.7 Å². The van der Waals surface area contributed by atoms with Crippen LogP contribution in [0.25, 0.3) is 0 Å². The third-order valence-electron chi connectivity index (χ3n) is 2.79. The van der Waals surface area contributed by atoms with E-state index in [1.165, 1.54) is 30.5 Å². The molecular formula is C13H20FNO3S. The van der Waals surface area contributed by atoms with Gasteiger partial charge in [-0.3, -0.25) is 0 Å². The zero-order valence-corrected chi connectivity index (χ0v) is 12.1. The van der Waals surface area contributed by atoms with E-state index in [-0.39, 0.29) is 23.7 Å². The smallest absolute Gasteiger partial charge is 0.148 e. The monoisotopic (exact) mass is 289 g/mol. The standard InChI is InChI=1S/C13H20FNO3S/c1-9(8-19(3,17)18)15-10(2)13(16)11-4-6-12(14)7-5-11/h4-7,9-10,13,15-16H,8H2,1-3H3. The van der Waals surface area contributed by atoms with Crippen LogP contribution in [-0.2, 0) is 9.84 Å². The summed E-state index contributed by atoms with van der Waals surface area (Å²) in [6.07, 6.45) is 0.356. The van der Waals surface area contributed by atoms with Gasteiger partial charge in [-0.2, -0.15) is 0 Å². The van der Waals surface area contributed by atoms with Crippen molar-refractivity contribution in [1.82, 2.24) is 5.32 Å². The van der Waals surface area contributed by atoms with Gasteiger partial charge in [0.15, 0.2) is 0 Å². The number of aliphatic hydroxyl groups excluding tert-OH is 1. The summed E-state index contributed by atoms with van der Waals surface area (Å²) in [4.78, 5) is 0. The Morgan fingerprint density at radius 2 is 1.79 bits per heavy atom. The third-order valence-corrected chi connectivity index (χ3v) is 3.89. The van der Waals surface area contributed by atoms with Crippen LogP contribution < -0.4 is 5.32 Å². The minimum Gasteiger partial charge on any atom is -0.387 e. The molecule has 108 valence electrons. The van der Waals surface area contributed by atoms with Crippen molar-refractivity contribution in [1.29, 1.82) is 0 Å². The molecule has 3 atom stereocenters. The summed E-state index contributed by atoms with van der Waals surface area (Å²) >= 11 is 0. The number of aliphatic hydroxyl groups is 1. The van der Waals surface area contributed by atoms with Crippen LogP contribution in [0.5, 0.6) is 0 Å². The Bertz CT molecular complexity index is 501. The molecule has 0 radical (unpaired) electrons. The van der Waals surface area contributed by atoms with Crippen molar-refractivity contribution in [2.24, 2.45) is 0 Å². The molecule has 0 saturated heterocycles. The van der Waals surface area contributed by atoms with E-state index < -0.39 is 15.9 Å². The first-order valence-electron chi connectivity index (χ1n) is 6.06. The zero-order chi connectivity index (χ0) is 14.6. The van der Waals surface area contributed by atoms with Crippen molar-refractivity contribution >= 4 is 9.84 Å². The minimum atomic E-state index is -3.06. The van der Waals surface area contributed by atoms with E-state index in [1.807, 2.05) is 0 Å². The highest BCUT2D eigenvalue weighted by molar-refractivity contribution is 7.90. The molecule has 3 unspecified atom stereocenters. The molecule has 0 aromatic heterocycles. The minimum absolute atomic E-state index is 0.00742. The maximum Gasteiger partial charge on any atom is 0.148 e. The molecular weight excluding hydrogens is 269 g/mol. The Kier molecular flexibility index (Phi) is 5.46. The van der Waals surface area contributed by atoms with E-state index in [4.69, 9.17) is 0 Å². The van der Waals surface area contributed by atoms with Gasteiger partial charge in [0.05, 0.1) is 11.9 Å². The van der Waals surface area contributed by atoms with E-state index in [2.05, 4.69) is 5.32 Å². The molecule has 1 aromatic rings. The molecule has 2 N–H and O–H groups in total. The molecule has 0 aliphatic heterocycles. The first kappa shape index (κ1) is 16.1. The maximum absolute atomic E-state index is 12.8. The van der Waals surface area contributed by atoms with Crippen LogP contribution in [0.1, 0.15) is 25.5 Å². The van der Waals surface area contributed by atoms with Gasteiger partial charge in [-0.1, -0.05) is 12.1 Å². The van der Waals surface area contributed by atoms with Crippen LogP contribution in [0, 0.1) is 5.82 Å². The molecule has 19 heavy (non-hydrogen) atoms. The first-order valence-corrected chi connectivity index (χ1v) is 8.12. The van der Waals surface area contributed by atoms with Crippen molar-refractivity contribution in [3.05, 3.63) is 35.6 Å². The van der Waals surface area contributed by atoms with E-state index >= 15 is 0 Å². The molecule has 0 fully saturated rings. The highest BCUT2D eigenvalue weighted by Crippen LogP contribution is 2.17. The lowest BCUT2D eigenvalue weighted by molar-refractivity contribution is 0.132. The van der Waals surface area contributed by atoms with Crippen LogP contribution in [0.2, 0.25) is 0 Å². The molecule has 1 rings (SSSR count). The SMILES string of the molecule is CC(CS(C)(=O)=O)NC(C)C(O)c1ccc(F)cc1. The van der Waals surface area contributed by atoms with E-state index in [9.17, 15) is 17.9 Å². The second-order valence-corrected chi connectivity index (χ2v) is 7.13. The lowest BCUT2D eigenvalue weighted by Crippen LogP contribution is -2.41. The van der Waals surface area contributed by atoms with Gasteiger partial charge in [0, 0.05) is 18.3 Å².